The van der Waals surface area contributed by atoms with Crippen LogP contribution in [0.1, 0.15) is 32.6 Å². The zero-order chi connectivity index (χ0) is 10.6. The normalized spacial score (nSPS) is 29.6. The smallest absolute Gasteiger partial charge is 0.236 e. The monoisotopic (exact) mass is 200 g/mol. The molecule has 0 aromatic rings. The zero-order valence-corrected chi connectivity index (χ0v) is 8.70. The molecule has 1 amide bonds. The van der Waals surface area contributed by atoms with E-state index in [9.17, 15) is 9.90 Å². The number of aliphatic hydroxyl groups is 1. The number of amides is 1. The first-order chi connectivity index (χ1) is 6.59. The molecule has 2 unspecified atom stereocenters. The molecule has 1 aliphatic rings. The molecule has 0 aromatic carbocycles. The van der Waals surface area contributed by atoms with Crippen molar-refractivity contribution < 1.29 is 9.90 Å². The molecule has 0 heterocycles. The predicted octanol–water partition coefficient (Wildman–Crippen LogP) is 0.000900. The van der Waals surface area contributed by atoms with Crippen LogP contribution in [0.3, 0.4) is 0 Å². The van der Waals surface area contributed by atoms with E-state index < -0.39 is 6.04 Å². The summed E-state index contributed by atoms with van der Waals surface area (Å²) in [5.41, 5.74) is 5.42. The van der Waals surface area contributed by atoms with E-state index in [1.165, 1.54) is 0 Å². The summed E-state index contributed by atoms with van der Waals surface area (Å²) in [4.78, 5) is 11.2. The Morgan fingerprint density at radius 3 is 2.93 bits per heavy atom. The number of carbonyl (C=O) groups is 1. The Balaban J connectivity index is 2.20. The van der Waals surface area contributed by atoms with Gasteiger partial charge in [0.2, 0.25) is 5.91 Å². The molecule has 1 rings (SSSR count). The average Bonchev–Trinajstić information content (AvgIpc) is 2.14. The van der Waals surface area contributed by atoms with E-state index in [0.29, 0.717) is 12.5 Å². The summed E-state index contributed by atoms with van der Waals surface area (Å²) in [5.74, 6) is 0.312. The molecule has 0 bridgehead atoms. The van der Waals surface area contributed by atoms with Gasteiger partial charge in [-0.1, -0.05) is 6.42 Å². The third kappa shape index (κ3) is 3.64. The second-order valence-corrected chi connectivity index (χ2v) is 4.22. The van der Waals surface area contributed by atoms with Crippen LogP contribution in [-0.4, -0.2) is 29.7 Å². The van der Waals surface area contributed by atoms with Crippen molar-refractivity contribution in [3.05, 3.63) is 0 Å². The summed E-state index contributed by atoms with van der Waals surface area (Å²) in [6.07, 6.45) is 3.67. The summed E-state index contributed by atoms with van der Waals surface area (Å²) in [6, 6.07) is -0.441. The molecule has 0 spiro atoms. The van der Waals surface area contributed by atoms with Crippen molar-refractivity contribution in [2.75, 3.05) is 6.54 Å². The molecule has 4 heteroatoms. The fourth-order valence-corrected chi connectivity index (χ4v) is 1.85. The Kier molecular flexibility index (Phi) is 4.35. The van der Waals surface area contributed by atoms with Crippen LogP contribution in [0.25, 0.3) is 0 Å². The van der Waals surface area contributed by atoms with Crippen molar-refractivity contribution in [3.63, 3.8) is 0 Å². The maximum Gasteiger partial charge on any atom is 0.236 e. The fraction of sp³-hybridized carbons (Fsp3) is 0.900. The highest BCUT2D eigenvalue weighted by atomic mass is 16.3. The minimum atomic E-state index is -0.441. The molecule has 0 aromatic heterocycles. The third-order valence-corrected chi connectivity index (χ3v) is 2.73. The van der Waals surface area contributed by atoms with Gasteiger partial charge >= 0.3 is 0 Å². The molecular formula is C10H20N2O2. The van der Waals surface area contributed by atoms with E-state index in [0.717, 1.165) is 25.7 Å². The Bertz CT molecular complexity index is 195. The first kappa shape index (κ1) is 11.5. The van der Waals surface area contributed by atoms with Gasteiger partial charge in [0.05, 0.1) is 12.1 Å². The van der Waals surface area contributed by atoms with Gasteiger partial charge in [0, 0.05) is 6.54 Å². The molecule has 14 heavy (non-hydrogen) atoms. The molecule has 3 atom stereocenters. The van der Waals surface area contributed by atoms with E-state index in [1.807, 2.05) is 0 Å². The molecule has 4 N–H and O–H groups in total. The molecule has 0 aliphatic heterocycles. The Morgan fingerprint density at radius 1 is 1.64 bits per heavy atom. The third-order valence-electron chi connectivity index (χ3n) is 2.73. The topological polar surface area (TPSA) is 75.4 Å². The van der Waals surface area contributed by atoms with Gasteiger partial charge in [0.25, 0.3) is 0 Å². The van der Waals surface area contributed by atoms with Crippen LogP contribution >= 0.6 is 0 Å². The lowest BCUT2D eigenvalue weighted by Crippen LogP contribution is -2.41. The zero-order valence-electron chi connectivity index (χ0n) is 8.70. The summed E-state index contributed by atoms with van der Waals surface area (Å²) in [5, 5.41) is 12.2. The summed E-state index contributed by atoms with van der Waals surface area (Å²) >= 11 is 0. The van der Waals surface area contributed by atoms with Crippen molar-refractivity contribution in [2.24, 2.45) is 11.7 Å². The van der Waals surface area contributed by atoms with Crippen LogP contribution in [-0.2, 0) is 4.79 Å². The summed E-state index contributed by atoms with van der Waals surface area (Å²) in [7, 11) is 0. The largest absolute Gasteiger partial charge is 0.393 e. The van der Waals surface area contributed by atoms with Crippen molar-refractivity contribution >= 4 is 5.91 Å². The van der Waals surface area contributed by atoms with Gasteiger partial charge in [-0.3, -0.25) is 4.79 Å². The van der Waals surface area contributed by atoms with Gasteiger partial charge in [-0.25, -0.2) is 0 Å². The van der Waals surface area contributed by atoms with Gasteiger partial charge in [0.1, 0.15) is 0 Å². The van der Waals surface area contributed by atoms with Crippen molar-refractivity contribution in [3.8, 4) is 0 Å². The van der Waals surface area contributed by atoms with Crippen molar-refractivity contribution in [2.45, 2.75) is 44.8 Å². The van der Waals surface area contributed by atoms with Gasteiger partial charge in [-0.2, -0.15) is 0 Å². The van der Waals surface area contributed by atoms with Crippen LogP contribution < -0.4 is 11.1 Å². The van der Waals surface area contributed by atoms with Gasteiger partial charge in [-0.05, 0) is 32.1 Å². The highest BCUT2D eigenvalue weighted by Gasteiger charge is 2.20. The molecule has 4 nitrogen and oxygen atoms in total. The standard InChI is InChI=1S/C10H20N2O2/c1-7(11)10(14)12-6-8-3-2-4-9(13)5-8/h7-9,13H,2-6,11H2,1H3,(H,12,14)/t7-,8?,9?/m0/s1. The number of hydrogen-bond acceptors (Lipinski definition) is 3. The second kappa shape index (κ2) is 5.32. The number of hydrogen-bond donors (Lipinski definition) is 3. The molecular weight excluding hydrogens is 180 g/mol. The summed E-state index contributed by atoms with van der Waals surface area (Å²) in [6.45, 7) is 2.32. The maximum absolute atomic E-state index is 11.2. The molecule has 0 saturated heterocycles. The van der Waals surface area contributed by atoms with E-state index in [4.69, 9.17) is 5.73 Å². The lowest BCUT2D eigenvalue weighted by Gasteiger charge is -2.26. The SMILES string of the molecule is C[C@H](N)C(=O)NCC1CCCC(O)C1. The molecule has 0 radical (unpaired) electrons. The average molecular weight is 200 g/mol. The molecule has 82 valence electrons. The lowest BCUT2D eigenvalue weighted by molar-refractivity contribution is -0.122. The molecule has 1 saturated carbocycles. The first-order valence-corrected chi connectivity index (χ1v) is 5.31. The second-order valence-electron chi connectivity index (χ2n) is 4.22. The van der Waals surface area contributed by atoms with Crippen molar-refractivity contribution in [1.29, 1.82) is 0 Å². The lowest BCUT2D eigenvalue weighted by atomic mass is 9.87. The van der Waals surface area contributed by atoms with Crippen LogP contribution in [0, 0.1) is 5.92 Å². The van der Waals surface area contributed by atoms with Crippen LogP contribution in [0.4, 0.5) is 0 Å². The number of nitrogens with two attached hydrogens (primary N) is 1. The predicted molar refractivity (Wildman–Crippen MR) is 54.6 cm³/mol. The van der Waals surface area contributed by atoms with Crippen molar-refractivity contribution in [1.82, 2.24) is 5.32 Å². The molecule has 1 fully saturated rings. The number of nitrogens with one attached hydrogen (secondary N) is 1. The quantitative estimate of drug-likeness (QED) is 0.600. The Morgan fingerprint density at radius 2 is 2.36 bits per heavy atom. The van der Waals surface area contributed by atoms with Gasteiger partial charge in [0.15, 0.2) is 0 Å². The number of aliphatic hydroxyl groups excluding tert-OH is 1. The minimum absolute atomic E-state index is 0.106. The van der Waals surface area contributed by atoms with Gasteiger partial charge in [-0.15, -0.1) is 0 Å². The minimum Gasteiger partial charge on any atom is -0.393 e. The van der Waals surface area contributed by atoms with Crippen LogP contribution in [0.15, 0.2) is 0 Å². The van der Waals surface area contributed by atoms with E-state index in [-0.39, 0.29) is 12.0 Å². The maximum atomic E-state index is 11.2. The highest BCUT2D eigenvalue weighted by molar-refractivity contribution is 5.80. The number of rotatable bonds is 3. The number of carbonyl (C=O) groups excluding carboxylic acids is 1. The van der Waals surface area contributed by atoms with Crippen LogP contribution in [0.5, 0.6) is 0 Å². The van der Waals surface area contributed by atoms with E-state index in [2.05, 4.69) is 5.32 Å². The van der Waals surface area contributed by atoms with E-state index >= 15 is 0 Å². The van der Waals surface area contributed by atoms with Crippen LogP contribution in [0.2, 0.25) is 0 Å². The first-order valence-electron chi connectivity index (χ1n) is 5.31. The highest BCUT2D eigenvalue weighted by Crippen LogP contribution is 2.23. The van der Waals surface area contributed by atoms with Gasteiger partial charge < -0.3 is 16.2 Å². The Hall–Kier alpha value is -0.610. The summed E-state index contributed by atoms with van der Waals surface area (Å²) < 4.78 is 0. The fourth-order valence-electron chi connectivity index (χ4n) is 1.85. The Labute approximate surface area is 84.9 Å². The van der Waals surface area contributed by atoms with E-state index in [1.54, 1.807) is 6.92 Å². The molecule has 1 aliphatic carbocycles.